The maximum Gasteiger partial charge on any atom is 0.338 e. The third-order valence-corrected chi connectivity index (χ3v) is 8.98. The Morgan fingerprint density at radius 2 is 1.17 bits per heavy atom. The molecular formula is C36H28O16. The monoisotopic (exact) mass is 716 g/mol. The molecule has 0 aliphatic carbocycles. The lowest BCUT2D eigenvalue weighted by Crippen LogP contribution is -2.34. The average molecular weight is 717 g/mol. The Kier molecular flexibility index (Phi) is 7.83. The lowest BCUT2D eigenvalue weighted by atomic mass is 9.90. The summed E-state index contributed by atoms with van der Waals surface area (Å²) in [6.07, 6.45) is -6.28. The van der Waals surface area contributed by atoms with Crippen molar-refractivity contribution in [3.63, 3.8) is 0 Å². The number of phenolic OH excluding ortho intramolecular Hbond substituents is 9. The quantitative estimate of drug-likeness (QED) is 0.0940. The highest BCUT2D eigenvalue weighted by Crippen LogP contribution is 2.48. The van der Waals surface area contributed by atoms with Gasteiger partial charge in [-0.25, -0.2) is 4.79 Å². The fourth-order valence-electron chi connectivity index (χ4n) is 6.53. The third kappa shape index (κ3) is 5.56. The number of phenols is 9. The smallest absolute Gasteiger partial charge is 0.338 e. The van der Waals surface area contributed by atoms with Crippen molar-refractivity contribution < 1.29 is 75.2 Å². The number of hydrogen-bond donors (Lipinski definition) is 11. The van der Waals surface area contributed by atoms with Crippen molar-refractivity contribution in [3.8, 4) is 69.0 Å². The van der Waals surface area contributed by atoms with E-state index in [0.717, 1.165) is 42.5 Å². The summed E-state index contributed by atoms with van der Waals surface area (Å²) in [5.41, 5.74) is -1.58. The van der Waals surface area contributed by atoms with Gasteiger partial charge in [-0.3, -0.25) is 4.79 Å². The number of carbonyl (C=O) groups is 1. The Balaban J connectivity index is 1.41. The lowest BCUT2D eigenvalue weighted by molar-refractivity contribution is -0.0188. The first-order valence-electron chi connectivity index (χ1n) is 15.4. The number of esters is 1. The second-order valence-corrected chi connectivity index (χ2v) is 12.4. The first kappa shape index (κ1) is 33.6. The summed E-state index contributed by atoms with van der Waals surface area (Å²) >= 11 is 0. The SMILES string of the molecule is O=C(O[C@H]1Cc2c(O)cc(O)cc2OC1c1cc(O)c(=O)c2c(O)c(O)cc(C3Oc4cc(O)cc(O)c4C[C@@H]3O)c2c1)c1cc(O)c(O)c(O)c1. The molecule has 2 aliphatic rings. The Bertz CT molecular complexity index is 2370. The number of rotatable bonds is 4. The number of benzene rings is 4. The highest BCUT2D eigenvalue weighted by atomic mass is 16.6. The van der Waals surface area contributed by atoms with Crippen LogP contribution in [0.2, 0.25) is 0 Å². The number of fused-ring (bicyclic) bond motifs is 3. The van der Waals surface area contributed by atoms with Gasteiger partial charge in [0.2, 0.25) is 5.43 Å². The summed E-state index contributed by atoms with van der Waals surface area (Å²) in [4.78, 5) is 27.0. The highest BCUT2D eigenvalue weighted by Gasteiger charge is 2.39. The molecule has 2 heterocycles. The van der Waals surface area contributed by atoms with Crippen LogP contribution in [-0.2, 0) is 17.6 Å². The van der Waals surface area contributed by atoms with E-state index in [-0.39, 0.29) is 63.5 Å². The molecule has 5 aromatic carbocycles. The predicted molar refractivity (Wildman–Crippen MR) is 176 cm³/mol. The van der Waals surface area contributed by atoms with E-state index >= 15 is 0 Å². The Morgan fingerprint density at radius 3 is 1.79 bits per heavy atom. The molecule has 16 nitrogen and oxygen atoms in total. The summed E-state index contributed by atoms with van der Waals surface area (Å²) < 4.78 is 17.8. The van der Waals surface area contributed by atoms with E-state index in [1.165, 1.54) is 12.1 Å². The van der Waals surface area contributed by atoms with E-state index in [4.69, 9.17) is 14.2 Å². The van der Waals surface area contributed by atoms with Crippen LogP contribution in [0.4, 0.5) is 0 Å². The molecule has 0 saturated carbocycles. The Hall–Kier alpha value is -6.94. The molecule has 2 aliphatic heterocycles. The van der Waals surface area contributed by atoms with E-state index in [0.29, 0.717) is 0 Å². The van der Waals surface area contributed by atoms with Crippen LogP contribution in [0, 0.1) is 0 Å². The Labute approximate surface area is 290 Å². The predicted octanol–water partition coefficient (Wildman–Crippen LogP) is 3.19. The summed E-state index contributed by atoms with van der Waals surface area (Å²) in [6.45, 7) is 0. The molecule has 0 bridgehead atoms. The number of aliphatic hydroxyl groups excluding tert-OH is 1. The van der Waals surface area contributed by atoms with Crippen LogP contribution in [-0.4, -0.2) is 74.3 Å². The van der Waals surface area contributed by atoms with Crippen molar-refractivity contribution in [2.45, 2.75) is 37.3 Å². The van der Waals surface area contributed by atoms with Crippen LogP contribution < -0.4 is 14.9 Å². The summed E-state index contributed by atoms with van der Waals surface area (Å²) in [7, 11) is 0. The van der Waals surface area contributed by atoms with Gasteiger partial charge in [-0.15, -0.1) is 0 Å². The van der Waals surface area contributed by atoms with Crippen LogP contribution in [0.1, 0.15) is 44.8 Å². The first-order valence-corrected chi connectivity index (χ1v) is 15.4. The van der Waals surface area contributed by atoms with E-state index in [9.17, 15) is 65.8 Å². The van der Waals surface area contributed by atoms with Gasteiger partial charge in [0.1, 0.15) is 40.6 Å². The second kappa shape index (κ2) is 12.1. The van der Waals surface area contributed by atoms with Crippen LogP contribution in [0.25, 0.3) is 10.8 Å². The van der Waals surface area contributed by atoms with E-state index < -0.39 is 92.8 Å². The standard InChI is InChI=1S/C36H28O16/c37-14-5-20(39)18-10-26(45)35(51-27(18)7-14)17-9-25(44)33(48)30-16(17)1-12(2-24(43)32(30)47)34-29(11-19-21(40)6-15(38)8-28(19)50-34)52-36(49)13-3-22(41)31(46)23(42)4-13/h1-9,26,29,34-35,37-42,44-46,48H,10-11H2,(H,43,47)/t26-,29-,34?,35?/m0/s1. The molecule has 11 N–H and O–H groups in total. The van der Waals surface area contributed by atoms with Gasteiger partial charge in [-0.1, -0.05) is 0 Å². The van der Waals surface area contributed by atoms with Gasteiger partial charge in [-0.05, 0) is 35.7 Å². The highest BCUT2D eigenvalue weighted by molar-refractivity contribution is 5.94. The largest absolute Gasteiger partial charge is 0.508 e. The topological polar surface area (TPSA) is 284 Å². The van der Waals surface area contributed by atoms with E-state index in [2.05, 4.69) is 0 Å². The first-order chi connectivity index (χ1) is 24.6. The number of aliphatic hydroxyl groups is 1. The average Bonchev–Trinajstić information content (AvgIpc) is 3.20. The van der Waals surface area contributed by atoms with Crippen molar-refractivity contribution in [2.75, 3.05) is 0 Å². The van der Waals surface area contributed by atoms with Gasteiger partial charge in [0.25, 0.3) is 0 Å². The molecule has 0 fully saturated rings. The van der Waals surface area contributed by atoms with Gasteiger partial charge in [0.15, 0.2) is 46.7 Å². The van der Waals surface area contributed by atoms with Crippen LogP contribution >= 0.6 is 0 Å². The molecule has 2 unspecified atom stereocenters. The summed E-state index contributed by atoms with van der Waals surface area (Å²) in [6, 6.07) is 9.20. The minimum absolute atomic E-state index is 0.0376. The van der Waals surface area contributed by atoms with Crippen LogP contribution in [0.3, 0.4) is 0 Å². The van der Waals surface area contributed by atoms with E-state index in [1.54, 1.807) is 0 Å². The fraction of sp³-hybridized carbons (Fsp3) is 0.167. The van der Waals surface area contributed by atoms with Crippen molar-refractivity contribution in [1.29, 1.82) is 0 Å². The van der Waals surface area contributed by atoms with E-state index in [1.807, 2.05) is 0 Å². The maximum absolute atomic E-state index is 13.6. The third-order valence-electron chi connectivity index (χ3n) is 8.98. The molecule has 4 atom stereocenters. The zero-order valence-corrected chi connectivity index (χ0v) is 26.4. The fourth-order valence-corrected chi connectivity index (χ4v) is 6.53. The molecule has 268 valence electrons. The van der Waals surface area contributed by atoms with Crippen molar-refractivity contribution in [3.05, 3.63) is 92.6 Å². The van der Waals surface area contributed by atoms with Gasteiger partial charge in [0.05, 0.1) is 17.1 Å². The molecule has 5 aromatic rings. The minimum atomic E-state index is -1.48. The van der Waals surface area contributed by atoms with Crippen molar-refractivity contribution in [2.24, 2.45) is 0 Å². The molecule has 16 heteroatoms. The van der Waals surface area contributed by atoms with Crippen LogP contribution in [0.5, 0.6) is 69.0 Å². The second-order valence-electron chi connectivity index (χ2n) is 12.4. The molecule has 7 rings (SSSR count). The Morgan fingerprint density at radius 1 is 0.615 bits per heavy atom. The zero-order chi connectivity index (χ0) is 37.3. The molecular weight excluding hydrogens is 688 g/mol. The van der Waals surface area contributed by atoms with Crippen LogP contribution in [0.15, 0.2) is 59.4 Å². The normalized spacial score (nSPS) is 19.2. The number of ether oxygens (including phenoxy) is 3. The molecule has 52 heavy (non-hydrogen) atoms. The maximum atomic E-state index is 13.6. The number of aromatic hydroxyl groups is 10. The lowest BCUT2D eigenvalue weighted by Gasteiger charge is -2.34. The molecule has 0 amide bonds. The molecule has 0 radical (unpaired) electrons. The van der Waals surface area contributed by atoms with Crippen molar-refractivity contribution in [1.82, 2.24) is 0 Å². The molecule has 0 aromatic heterocycles. The summed E-state index contributed by atoms with van der Waals surface area (Å²) in [5, 5.41) is 114. The minimum Gasteiger partial charge on any atom is -0.508 e. The summed E-state index contributed by atoms with van der Waals surface area (Å²) in [5.74, 6) is -8.17. The van der Waals surface area contributed by atoms with Gasteiger partial charge in [0, 0.05) is 59.4 Å². The number of carbonyl (C=O) groups excluding carboxylic acids is 1. The van der Waals surface area contributed by atoms with Gasteiger partial charge in [-0.2, -0.15) is 0 Å². The molecule has 0 saturated heterocycles. The number of hydrogen-bond acceptors (Lipinski definition) is 16. The van der Waals surface area contributed by atoms with Gasteiger partial charge < -0.3 is 70.4 Å². The van der Waals surface area contributed by atoms with Gasteiger partial charge >= 0.3 is 5.97 Å². The molecule has 0 spiro atoms. The zero-order valence-electron chi connectivity index (χ0n) is 26.4. The van der Waals surface area contributed by atoms with Crippen molar-refractivity contribution >= 4 is 16.7 Å².